The number of rotatable bonds is 2. The van der Waals surface area contributed by atoms with E-state index in [-0.39, 0.29) is 28.0 Å². The molecule has 0 radical (unpaired) electrons. The van der Waals surface area contributed by atoms with Crippen molar-refractivity contribution < 1.29 is 23.1 Å². The Balaban J connectivity index is 2.16. The van der Waals surface area contributed by atoms with Crippen LogP contribution in [0.2, 0.25) is 0 Å². The van der Waals surface area contributed by atoms with Gasteiger partial charge in [-0.2, -0.15) is 0 Å². The molecule has 1 saturated carbocycles. The molecule has 1 aliphatic carbocycles. The quantitative estimate of drug-likeness (QED) is 0.871. The first kappa shape index (κ1) is 12.2. The number of carboxylic acids is 1. The molecule has 1 amide bonds. The maximum absolute atomic E-state index is 12.3. The average molecular weight is 281 g/mol. The highest BCUT2D eigenvalue weighted by atomic mass is 32.2. The summed E-state index contributed by atoms with van der Waals surface area (Å²) >= 11 is 0. The molecule has 0 spiro atoms. The average Bonchev–Trinajstić information content (AvgIpc) is 2.99. The lowest BCUT2D eigenvalue weighted by Gasteiger charge is -2.14. The van der Waals surface area contributed by atoms with Crippen LogP contribution in [-0.4, -0.2) is 35.7 Å². The second kappa shape index (κ2) is 3.57. The molecule has 7 heteroatoms. The Morgan fingerprint density at radius 1 is 1.42 bits per heavy atom. The number of benzene rings is 1. The number of carbonyl (C=O) groups is 2. The number of carbonyl (C=O) groups excluding carboxylic acids is 1. The first-order chi connectivity index (χ1) is 8.84. The third-order valence-corrected chi connectivity index (χ3v) is 5.41. The Morgan fingerprint density at radius 3 is 2.58 bits per heavy atom. The van der Waals surface area contributed by atoms with E-state index in [9.17, 15) is 18.0 Å². The molecule has 1 heterocycles. The van der Waals surface area contributed by atoms with E-state index in [0.29, 0.717) is 6.42 Å². The predicted molar refractivity (Wildman–Crippen MR) is 64.3 cm³/mol. The summed E-state index contributed by atoms with van der Waals surface area (Å²) in [6, 6.07) is 3.27. The maximum Gasteiger partial charge on any atom is 0.335 e. The minimum atomic E-state index is -3.90. The lowest BCUT2D eigenvalue weighted by molar-refractivity contribution is 0.0695. The van der Waals surface area contributed by atoms with Crippen molar-refractivity contribution in [1.82, 2.24) is 4.31 Å². The fourth-order valence-corrected chi connectivity index (χ4v) is 4.23. The van der Waals surface area contributed by atoms with Crippen molar-refractivity contribution in [2.45, 2.75) is 24.3 Å². The van der Waals surface area contributed by atoms with Gasteiger partial charge in [0.15, 0.2) is 0 Å². The van der Waals surface area contributed by atoms with Gasteiger partial charge >= 0.3 is 5.97 Å². The van der Waals surface area contributed by atoms with Gasteiger partial charge in [-0.15, -0.1) is 0 Å². The Labute approximate surface area is 109 Å². The van der Waals surface area contributed by atoms with Crippen LogP contribution in [0, 0.1) is 5.92 Å². The smallest absolute Gasteiger partial charge is 0.335 e. The number of carboxylic acid groups (broad SMARTS) is 1. The monoisotopic (exact) mass is 281 g/mol. The van der Waals surface area contributed by atoms with E-state index in [1.165, 1.54) is 12.1 Å². The largest absolute Gasteiger partial charge is 0.478 e. The van der Waals surface area contributed by atoms with E-state index in [2.05, 4.69) is 0 Å². The van der Waals surface area contributed by atoms with Crippen molar-refractivity contribution in [1.29, 1.82) is 0 Å². The highest BCUT2D eigenvalue weighted by Crippen LogP contribution is 2.43. The number of sulfonamides is 1. The molecule has 2 unspecified atom stereocenters. The standard InChI is InChI=1S/C12H11NO5S/c1-6-4-9(6)13-11(14)8-3-2-7(12(15)16)5-10(8)19(13,17)18/h2-3,5-6,9H,4H2,1H3,(H,15,16). The SMILES string of the molecule is CC1CC1N1C(=O)c2ccc(C(=O)O)cc2S1(=O)=O. The van der Waals surface area contributed by atoms with Crippen LogP contribution >= 0.6 is 0 Å². The van der Waals surface area contributed by atoms with Crippen LogP contribution in [0.4, 0.5) is 0 Å². The fourth-order valence-electron chi connectivity index (χ4n) is 2.34. The van der Waals surface area contributed by atoms with Crippen LogP contribution in [-0.2, 0) is 10.0 Å². The first-order valence-corrected chi connectivity index (χ1v) is 7.24. The zero-order valence-electron chi connectivity index (χ0n) is 10.0. The molecule has 1 aromatic rings. The van der Waals surface area contributed by atoms with Gasteiger partial charge < -0.3 is 5.11 Å². The van der Waals surface area contributed by atoms with Gasteiger partial charge in [0, 0.05) is 0 Å². The van der Waals surface area contributed by atoms with Crippen LogP contribution in [0.1, 0.15) is 34.1 Å². The van der Waals surface area contributed by atoms with Crippen LogP contribution < -0.4 is 0 Å². The van der Waals surface area contributed by atoms with E-state index in [1.54, 1.807) is 0 Å². The van der Waals surface area contributed by atoms with Gasteiger partial charge in [-0.25, -0.2) is 17.5 Å². The maximum atomic E-state index is 12.3. The second-order valence-electron chi connectivity index (χ2n) is 4.90. The van der Waals surface area contributed by atoms with Crippen molar-refractivity contribution in [3.05, 3.63) is 29.3 Å². The van der Waals surface area contributed by atoms with Gasteiger partial charge in [-0.3, -0.25) is 4.79 Å². The second-order valence-corrected chi connectivity index (χ2v) is 6.69. The molecule has 1 N–H and O–H groups in total. The number of amides is 1. The van der Waals surface area contributed by atoms with Gasteiger partial charge in [0.1, 0.15) is 4.90 Å². The van der Waals surface area contributed by atoms with Gasteiger partial charge in [0.25, 0.3) is 15.9 Å². The van der Waals surface area contributed by atoms with Crippen molar-refractivity contribution in [2.24, 2.45) is 5.92 Å². The first-order valence-electron chi connectivity index (χ1n) is 5.80. The lowest BCUT2D eigenvalue weighted by atomic mass is 10.1. The summed E-state index contributed by atoms with van der Waals surface area (Å²) in [5.74, 6) is -1.61. The van der Waals surface area contributed by atoms with Crippen LogP contribution in [0.25, 0.3) is 0 Å². The number of aromatic carboxylic acids is 1. The zero-order valence-corrected chi connectivity index (χ0v) is 10.8. The molecule has 1 fully saturated rings. The summed E-state index contributed by atoms with van der Waals surface area (Å²) < 4.78 is 25.5. The zero-order chi connectivity index (χ0) is 13.9. The summed E-state index contributed by atoms with van der Waals surface area (Å²) in [7, 11) is -3.90. The van der Waals surface area contributed by atoms with Crippen LogP contribution in [0.5, 0.6) is 0 Å². The number of hydrogen-bond donors (Lipinski definition) is 1. The third kappa shape index (κ3) is 1.58. The van der Waals surface area contributed by atoms with Crippen LogP contribution in [0.15, 0.2) is 23.1 Å². The van der Waals surface area contributed by atoms with Crippen molar-refractivity contribution in [3.8, 4) is 0 Å². The summed E-state index contributed by atoms with van der Waals surface area (Å²) in [5.41, 5.74) is -0.0788. The molecule has 0 bridgehead atoms. The van der Waals surface area contributed by atoms with Gasteiger partial charge in [-0.05, 0) is 30.5 Å². The minimum Gasteiger partial charge on any atom is -0.478 e. The van der Waals surface area contributed by atoms with E-state index in [1.807, 2.05) is 6.92 Å². The fraction of sp³-hybridized carbons (Fsp3) is 0.333. The molecule has 100 valence electrons. The molecule has 0 saturated heterocycles. The minimum absolute atomic E-state index is 0.0594. The molecule has 2 aliphatic rings. The van der Waals surface area contributed by atoms with Gasteiger partial charge in [-0.1, -0.05) is 6.92 Å². The third-order valence-electron chi connectivity index (χ3n) is 3.56. The van der Waals surface area contributed by atoms with Crippen LogP contribution in [0.3, 0.4) is 0 Å². The van der Waals surface area contributed by atoms with Gasteiger partial charge in [0.2, 0.25) is 0 Å². The molecule has 2 atom stereocenters. The van der Waals surface area contributed by atoms with E-state index >= 15 is 0 Å². The molecular formula is C12H11NO5S. The van der Waals surface area contributed by atoms with Crippen molar-refractivity contribution in [3.63, 3.8) is 0 Å². The number of nitrogens with zero attached hydrogens (tertiary/aromatic N) is 1. The molecule has 1 aromatic carbocycles. The van der Waals surface area contributed by atoms with E-state index < -0.39 is 21.9 Å². The van der Waals surface area contributed by atoms with Gasteiger partial charge in [0.05, 0.1) is 17.2 Å². The van der Waals surface area contributed by atoms with E-state index in [4.69, 9.17) is 5.11 Å². The summed E-state index contributed by atoms with van der Waals surface area (Å²) in [6.45, 7) is 1.87. The van der Waals surface area contributed by atoms with Crippen molar-refractivity contribution >= 4 is 21.9 Å². The normalized spacial score (nSPS) is 27.2. The Morgan fingerprint density at radius 2 is 2.05 bits per heavy atom. The molecule has 0 aromatic heterocycles. The molecule has 19 heavy (non-hydrogen) atoms. The van der Waals surface area contributed by atoms with E-state index in [0.717, 1.165) is 10.4 Å². The Hall–Kier alpha value is -1.89. The Bertz CT molecular complexity index is 709. The molecule has 6 nitrogen and oxygen atoms in total. The Kier molecular flexibility index (Phi) is 2.28. The molecule has 1 aliphatic heterocycles. The number of hydrogen-bond acceptors (Lipinski definition) is 4. The lowest BCUT2D eigenvalue weighted by Crippen LogP contribution is -2.33. The van der Waals surface area contributed by atoms with Crippen molar-refractivity contribution in [2.75, 3.05) is 0 Å². The topological polar surface area (TPSA) is 91.8 Å². The number of fused-ring (bicyclic) bond motifs is 1. The summed E-state index contributed by atoms with van der Waals surface area (Å²) in [6.07, 6.45) is 0.657. The highest BCUT2D eigenvalue weighted by molar-refractivity contribution is 7.90. The molecule has 3 rings (SSSR count). The summed E-state index contributed by atoms with van der Waals surface area (Å²) in [5, 5.41) is 8.89. The highest BCUT2D eigenvalue weighted by Gasteiger charge is 2.52. The summed E-state index contributed by atoms with van der Waals surface area (Å²) in [4.78, 5) is 22.8. The predicted octanol–water partition coefficient (Wildman–Crippen LogP) is 0.938. The molecular weight excluding hydrogens is 270 g/mol.